The number of fused-ring (bicyclic) bond motifs is 1. The van der Waals surface area contributed by atoms with Gasteiger partial charge in [0.05, 0.1) is 18.9 Å². The second-order valence-corrected chi connectivity index (χ2v) is 8.95. The average Bonchev–Trinajstić information content (AvgIpc) is 3.10. The molecule has 2 aromatic heterocycles. The minimum atomic E-state index is -4.43. The molecule has 0 atom stereocenters. The number of nitrogens with one attached hydrogen (secondary N) is 1. The topological polar surface area (TPSA) is 68.1 Å². The van der Waals surface area contributed by atoms with E-state index in [1.165, 1.54) is 13.0 Å². The summed E-state index contributed by atoms with van der Waals surface area (Å²) in [6.45, 7) is 6.96. The van der Waals surface area contributed by atoms with Crippen molar-refractivity contribution in [3.8, 4) is 11.7 Å². The van der Waals surface area contributed by atoms with Gasteiger partial charge in [-0.25, -0.2) is 9.55 Å². The predicted molar refractivity (Wildman–Crippen MR) is 116 cm³/mol. The minimum absolute atomic E-state index is 0.297. The molecule has 0 radical (unpaired) electrons. The van der Waals surface area contributed by atoms with E-state index < -0.39 is 17.3 Å². The van der Waals surface area contributed by atoms with E-state index in [2.05, 4.69) is 9.97 Å². The number of thioether (sulfide) groups is 1. The van der Waals surface area contributed by atoms with Crippen molar-refractivity contribution in [3.05, 3.63) is 47.3 Å². The molecule has 0 bridgehead atoms. The largest absolute Gasteiger partial charge is 0.496 e. The lowest BCUT2D eigenvalue weighted by molar-refractivity contribution is -0.610. The van der Waals surface area contributed by atoms with Crippen LogP contribution in [0.1, 0.15) is 37.6 Å². The van der Waals surface area contributed by atoms with E-state index in [-0.39, 0.29) is 5.97 Å². The van der Waals surface area contributed by atoms with Gasteiger partial charge in [0.2, 0.25) is 0 Å². The Hall–Kier alpha value is -2.75. The van der Waals surface area contributed by atoms with Crippen LogP contribution in [-0.4, -0.2) is 34.4 Å². The fraction of sp³-hybridized carbons (Fsp3) is 0.409. The van der Waals surface area contributed by atoms with Gasteiger partial charge in [-0.2, -0.15) is 13.2 Å². The lowest BCUT2D eigenvalue weighted by Gasteiger charge is -2.24. The van der Waals surface area contributed by atoms with Crippen molar-refractivity contribution in [2.45, 2.75) is 45.2 Å². The van der Waals surface area contributed by atoms with Gasteiger partial charge < -0.3 is 9.47 Å². The minimum Gasteiger partial charge on any atom is -0.496 e. The number of alkyl halides is 3. The molecule has 0 spiro atoms. The number of esters is 1. The number of hydrogen-bond acceptors (Lipinski definition) is 5. The number of imidazole rings is 1. The molecule has 6 nitrogen and oxygen atoms in total. The number of hydrogen-bond donors (Lipinski definition) is 1. The summed E-state index contributed by atoms with van der Waals surface area (Å²) in [6.07, 6.45) is -2.67. The zero-order chi connectivity index (χ0) is 23.7. The van der Waals surface area contributed by atoms with Crippen LogP contribution in [0, 0.1) is 6.92 Å². The summed E-state index contributed by atoms with van der Waals surface area (Å²) >= 11 is 1.57. The van der Waals surface area contributed by atoms with Crippen LogP contribution in [0.3, 0.4) is 0 Å². The first-order valence-electron chi connectivity index (χ1n) is 9.84. The molecule has 0 unspecified atom stereocenters. The Bertz CT molecular complexity index is 1140. The summed E-state index contributed by atoms with van der Waals surface area (Å²) in [5.74, 6) is 1.84. The maximum atomic E-state index is 13.1. The molecule has 0 fully saturated rings. The summed E-state index contributed by atoms with van der Waals surface area (Å²) in [7, 11) is 1.58. The fourth-order valence-corrected chi connectivity index (χ4v) is 4.58. The standard InChI is InChI=1S/C22H25F3N3O3S/c1-13-18(11-32-12-21(3,4)31-14(2)29)28(9-8-19(13)30-5)20-26-16-7-6-15(22(23,24)25)10-17(16)27-20/h6-10H,11-12H2,1-5H3,(H,26,27)/q+1. The van der Waals surface area contributed by atoms with Gasteiger partial charge in [-0.05, 0) is 39.0 Å². The first-order valence-corrected chi connectivity index (χ1v) is 11.0. The van der Waals surface area contributed by atoms with Crippen LogP contribution >= 0.6 is 11.8 Å². The smallest absolute Gasteiger partial charge is 0.416 e. The van der Waals surface area contributed by atoms with E-state index in [4.69, 9.17) is 9.47 Å². The number of pyridine rings is 1. The molecule has 0 aliphatic rings. The number of aromatic amines is 1. The van der Waals surface area contributed by atoms with Crippen LogP contribution in [0.2, 0.25) is 0 Å². The van der Waals surface area contributed by atoms with Gasteiger partial charge in [0.25, 0.3) is 0 Å². The lowest BCUT2D eigenvalue weighted by atomic mass is 10.2. The highest BCUT2D eigenvalue weighted by Crippen LogP contribution is 2.31. The van der Waals surface area contributed by atoms with Crippen LogP contribution in [0.15, 0.2) is 30.5 Å². The third-order valence-corrected chi connectivity index (χ3v) is 6.20. The third kappa shape index (κ3) is 5.35. The lowest BCUT2D eigenvalue weighted by Crippen LogP contribution is -2.38. The molecule has 2 heterocycles. The number of aromatic nitrogens is 3. The number of benzene rings is 1. The average molecular weight is 469 g/mol. The van der Waals surface area contributed by atoms with E-state index in [9.17, 15) is 18.0 Å². The number of ether oxygens (including phenoxy) is 2. The first-order chi connectivity index (χ1) is 14.9. The summed E-state index contributed by atoms with van der Waals surface area (Å²) < 4.78 is 51.8. The zero-order valence-corrected chi connectivity index (χ0v) is 19.3. The Balaban J connectivity index is 1.96. The van der Waals surface area contributed by atoms with Gasteiger partial charge in [-0.1, -0.05) is 4.98 Å². The van der Waals surface area contributed by atoms with Crippen LogP contribution in [0.25, 0.3) is 17.0 Å². The highest BCUT2D eigenvalue weighted by Gasteiger charge is 2.32. The first kappa shape index (κ1) is 23.9. The third-order valence-electron chi connectivity index (χ3n) is 4.82. The van der Waals surface area contributed by atoms with Gasteiger partial charge in [-0.15, -0.1) is 11.8 Å². The molecule has 10 heteroatoms. The van der Waals surface area contributed by atoms with E-state index >= 15 is 0 Å². The van der Waals surface area contributed by atoms with E-state index in [1.54, 1.807) is 35.7 Å². The normalized spacial score (nSPS) is 12.2. The molecule has 0 saturated carbocycles. The monoisotopic (exact) mass is 468 g/mol. The molecule has 3 aromatic rings. The van der Waals surface area contributed by atoms with Crippen molar-refractivity contribution in [2.24, 2.45) is 0 Å². The Morgan fingerprint density at radius 3 is 2.59 bits per heavy atom. The number of carbonyl (C=O) groups is 1. The van der Waals surface area contributed by atoms with Crippen molar-refractivity contribution in [1.29, 1.82) is 0 Å². The van der Waals surface area contributed by atoms with Crippen molar-refractivity contribution < 1.29 is 32.0 Å². The molecule has 0 aliphatic heterocycles. The van der Waals surface area contributed by atoms with Crippen molar-refractivity contribution in [2.75, 3.05) is 12.9 Å². The zero-order valence-electron chi connectivity index (χ0n) is 18.5. The summed E-state index contributed by atoms with van der Waals surface area (Å²) in [6, 6.07) is 5.20. The number of nitrogens with zero attached hydrogens (tertiary/aromatic N) is 2. The predicted octanol–water partition coefficient (Wildman–Crippen LogP) is 4.75. The van der Waals surface area contributed by atoms with Gasteiger partial charge in [0.15, 0.2) is 5.52 Å². The van der Waals surface area contributed by atoms with E-state index in [1.807, 2.05) is 20.8 Å². The van der Waals surface area contributed by atoms with Gasteiger partial charge >= 0.3 is 18.1 Å². The molecule has 172 valence electrons. The van der Waals surface area contributed by atoms with Crippen molar-refractivity contribution >= 4 is 28.8 Å². The Morgan fingerprint density at radius 2 is 1.97 bits per heavy atom. The fourth-order valence-electron chi connectivity index (χ4n) is 3.38. The van der Waals surface area contributed by atoms with E-state index in [0.29, 0.717) is 34.2 Å². The van der Waals surface area contributed by atoms with Crippen LogP contribution < -0.4 is 9.30 Å². The molecule has 1 aromatic carbocycles. The van der Waals surface area contributed by atoms with Crippen molar-refractivity contribution in [1.82, 2.24) is 9.97 Å². The molecule has 0 aliphatic carbocycles. The summed E-state index contributed by atoms with van der Waals surface area (Å²) in [5, 5.41) is 0. The van der Waals surface area contributed by atoms with Crippen LogP contribution in [-0.2, 0) is 21.5 Å². The summed E-state index contributed by atoms with van der Waals surface area (Å²) in [4.78, 5) is 18.8. The quantitative estimate of drug-likeness (QED) is 0.400. The Morgan fingerprint density at radius 1 is 1.25 bits per heavy atom. The molecular weight excluding hydrogens is 443 g/mol. The molecular formula is C22H25F3N3O3S+. The molecule has 0 saturated heterocycles. The number of rotatable bonds is 7. The SMILES string of the molecule is COc1cc[n+](-c2nc3ccc(C(F)(F)F)cc3[nH]2)c(CSCC(C)(C)OC(C)=O)c1C. The molecule has 32 heavy (non-hydrogen) atoms. The van der Waals surface area contributed by atoms with Crippen molar-refractivity contribution in [3.63, 3.8) is 0 Å². The van der Waals surface area contributed by atoms with Gasteiger partial charge in [0.1, 0.15) is 22.6 Å². The maximum Gasteiger partial charge on any atom is 0.416 e. The van der Waals surface area contributed by atoms with Crippen LogP contribution in [0.5, 0.6) is 5.75 Å². The Labute approximate surface area is 188 Å². The number of H-pyrrole nitrogens is 1. The second kappa shape index (κ2) is 9.01. The second-order valence-electron chi connectivity index (χ2n) is 7.96. The number of halogens is 3. The molecule has 1 N–H and O–H groups in total. The Kier molecular flexibility index (Phi) is 6.73. The van der Waals surface area contributed by atoms with Crippen LogP contribution in [0.4, 0.5) is 13.2 Å². The molecule has 3 rings (SSSR count). The van der Waals surface area contributed by atoms with E-state index in [0.717, 1.165) is 23.4 Å². The maximum absolute atomic E-state index is 13.1. The molecule has 0 amide bonds. The summed E-state index contributed by atoms with van der Waals surface area (Å²) in [5.41, 5.74) is 1.10. The van der Waals surface area contributed by atoms with Gasteiger partial charge in [-0.3, -0.25) is 4.79 Å². The highest BCUT2D eigenvalue weighted by molar-refractivity contribution is 7.98. The highest BCUT2D eigenvalue weighted by atomic mass is 32.2. The number of carbonyl (C=O) groups excluding carboxylic acids is 1. The number of methoxy groups -OCH3 is 1. The van der Waals surface area contributed by atoms with Gasteiger partial charge in [0, 0.05) is 30.1 Å².